The van der Waals surface area contributed by atoms with E-state index in [1.54, 1.807) is 0 Å². The van der Waals surface area contributed by atoms with Crippen LogP contribution in [0.4, 0.5) is 0 Å². The number of amides is 3. The zero-order chi connectivity index (χ0) is 24.2. The van der Waals surface area contributed by atoms with E-state index in [1.165, 1.54) is 12.5 Å². The number of hydrogen-bond acceptors (Lipinski definition) is 8. The predicted molar refractivity (Wildman–Crippen MR) is 124 cm³/mol. The van der Waals surface area contributed by atoms with Crippen molar-refractivity contribution in [1.29, 1.82) is 0 Å². The number of aromatic nitrogens is 2. The van der Waals surface area contributed by atoms with Crippen LogP contribution in [0.2, 0.25) is 0 Å². The van der Waals surface area contributed by atoms with E-state index in [0.717, 1.165) is 13.0 Å². The SMILES string of the molecule is NCCCCC(NC(=O)C1CCCN1)C(=O)NC(CS)C(=O)NC(Cc1cnc[nH]1)C(=O)O. The van der Waals surface area contributed by atoms with E-state index in [0.29, 0.717) is 37.9 Å². The van der Waals surface area contributed by atoms with Gasteiger partial charge in [0.2, 0.25) is 17.7 Å². The molecule has 12 nitrogen and oxygen atoms in total. The number of imidazole rings is 1. The molecule has 0 bridgehead atoms. The molecule has 8 N–H and O–H groups in total. The topological polar surface area (TPSA) is 191 Å². The fraction of sp³-hybridized carbons (Fsp3) is 0.650. The summed E-state index contributed by atoms with van der Waals surface area (Å²) in [5.41, 5.74) is 6.08. The maximum absolute atomic E-state index is 12.9. The standard InChI is InChI=1S/C20H33N7O5S/c21-6-2-1-4-14(25-17(28)13-5-3-7-23-13)18(29)27-16(10-33)19(30)26-15(20(31)32)8-12-9-22-11-24-12/h9,11,13-16,23,33H,1-8,10,21H2,(H,22,24)(H,25,28)(H,26,30)(H,27,29)(H,31,32). The number of carboxylic acids is 1. The van der Waals surface area contributed by atoms with Crippen molar-refractivity contribution >= 4 is 36.3 Å². The van der Waals surface area contributed by atoms with Crippen LogP contribution < -0.4 is 27.0 Å². The lowest BCUT2D eigenvalue weighted by Gasteiger charge is -2.24. The Hall–Kier alpha value is -2.64. The third-order valence-electron chi connectivity index (χ3n) is 5.37. The van der Waals surface area contributed by atoms with Crippen molar-refractivity contribution in [2.24, 2.45) is 5.73 Å². The molecule has 1 aliphatic rings. The van der Waals surface area contributed by atoms with Crippen molar-refractivity contribution in [3.05, 3.63) is 18.2 Å². The average molecular weight is 484 g/mol. The quantitative estimate of drug-likeness (QED) is 0.113. The number of thiol groups is 1. The Bertz CT molecular complexity index is 786. The second kappa shape index (κ2) is 13.8. The molecule has 1 aromatic heterocycles. The maximum atomic E-state index is 12.9. The molecule has 1 fully saturated rings. The van der Waals surface area contributed by atoms with Crippen LogP contribution >= 0.6 is 12.6 Å². The minimum atomic E-state index is -1.22. The van der Waals surface area contributed by atoms with Gasteiger partial charge >= 0.3 is 5.97 Å². The highest BCUT2D eigenvalue weighted by molar-refractivity contribution is 7.80. The highest BCUT2D eigenvalue weighted by atomic mass is 32.1. The van der Waals surface area contributed by atoms with Crippen molar-refractivity contribution in [2.75, 3.05) is 18.8 Å². The lowest BCUT2D eigenvalue weighted by atomic mass is 10.1. The molecule has 4 atom stereocenters. The molecule has 0 aliphatic carbocycles. The zero-order valence-electron chi connectivity index (χ0n) is 18.4. The van der Waals surface area contributed by atoms with Gasteiger partial charge in [0.15, 0.2) is 0 Å². The van der Waals surface area contributed by atoms with E-state index in [2.05, 4.69) is 43.9 Å². The summed E-state index contributed by atoms with van der Waals surface area (Å²) in [6.45, 7) is 1.20. The van der Waals surface area contributed by atoms with Crippen LogP contribution in [-0.2, 0) is 25.6 Å². The van der Waals surface area contributed by atoms with Gasteiger partial charge in [-0.1, -0.05) is 0 Å². The summed E-state index contributed by atoms with van der Waals surface area (Å²) in [5.74, 6) is -2.76. The molecule has 0 spiro atoms. The number of nitrogens with two attached hydrogens (primary N) is 1. The number of H-pyrrole nitrogens is 1. The van der Waals surface area contributed by atoms with Gasteiger partial charge in [-0.05, 0) is 45.2 Å². The Kier molecular flexibility index (Phi) is 11.1. The highest BCUT2D eigenvalue weighted by Gasteiger charge is 2.31. The predicted octanol–water partition coefficient (Wildman–Crippen LogP) is -1.70. The maximum Gasteiger partial charge on any atom is 0.326 e. The van der Waals surface area contributed by atoms with E-state index >= 15 is 0 Å². The minimum Gasteiger partial charge on any atom is -0.480 e. The molecule has 33 heavy (non-hydrogen) atoms. The highest BCUT2D eigenvalue weighted by Crippen LogP contribution is 2.08. The second-order valence-electron chi connectivity index (χ2n) is 7.92. The van der Waals surface area contributed by atoms with E-state index in [1.807, 2.05) is 0 Å². The number of nitrogens with one attached hydrogen (secondary N) is 5. The molecule has 4 unspecified atom stereocenters. The van der Waals surface area contributed by atoms with E-state index in [4.69, 9.17) is 5.73 Å². The lowest BCUT2D eigenvalue weighted by molar-refractivity contribution is -0.142. The molecule has 1 saturated heterocycles. The van der Waals surface area contributed by atoms with E-state index in [-0.39, 0.29) is 24.1 Å². The Morgan fingerprint density at radius 1 is 1.15 bits per heavy atom. The van der Waals surface area contributed by atoms with Gasteiger partial charge in [0.1, 0.15) is 18.1 Å². The summed E-state index contributed by atoms with van der Waals surface area (Å²) in [7, 11) is 0. The van der Waals surface area contributed by atoms with Crippen LogP contribution in [0, 0.1) is 0 Å². The number of carbonyl (C=O) groups is 4. The Morgan fingerprint density at radius 3 is 2.45 bits per heavy atom. The van der Waals surface area contributed by atoms with Crippen LogP contribution in [0.5, 0.6) is 0 Å². The van der Waals surface area contributed by atoms with Gasteiger partial charge in [-0.25, -0.2) is 9.78 Å². The van der Waals surface area contributed by atoms with Gasteiger partial charge in [-0.15, -0.1) is 0 Å². The molecule has 1 aromatic rings. The monoisotopic (exact) mass is 483 g/mol. The number of aromatic amines is 1. The summed E-state index contributed by atoms with van der Waals surface area (Å²) >= 11 is 4.13. The van der Waals surface area contributed by atoms with Crippen LogP contribution in [-0.4, -0.2) is 81.8 Å². The number of nitrogens with zero attached hydrogens (tertiary/aromatic N) is 1. The molecule has 0 radical (unpaired) electrons. The number of carboxylic acid groups (broad SMARTS) is 1. The van der Waals surface area contributed by atoms with Crippen molar-refractivity contribution < 1.29 is 24.3 Å². The molecule has 13 heteroatoms. The molecule has 3 amide bonds. The van der Waals surface area contributed by atoms with Gasteiger partial charge in [0, 0.05) is 24.1 Å². The molecule has 0 aromatic carbocycles. The van der Waals surface area contributed by atoms with Gasteiger partial charge < -0.3 is 37.1 Å². The smallest absolute Gasteiger partial charge is 0.326 e. The largest absolute Gasteiger partial charge is 0.480 e. The zero-order valence-corrected chi connectivity index (χ0v) is 19.3. The first-order valence-corrected chi connectivity index (χ1v) is 11.6. The molecule has 2 rings (SSSR count). The molecule has 2 heterocycles. The Labute approximate surface area is 197 Å². The van der Waals surface area contributed by atoms with Gasteiger partial charge in [-0.3, -0.25) is 14.4 Å². The summed E-state index contributed by atoms with van der Waals surface area (Å²) in [6, 6.07) is -3.49. The first kappa shape index (κ1) is 26.6. The summed E-state index contributed by atoms with van der Waals surface area (Å²) < 4.78 is 0. The van der Waals surface area contributed by atoms with E-state index < -0.39 is 35.9 Å². The van der Waals surface area contributed by atoms with Gasteiger partial charge in [-0.2, -0.15) is 12.6 Å². The molecular formula is C20H33N7O5S. The lowest BCUT2D eigenvalue weighted by Crippen LogP contribution is -2.57. The van der Waals surface area contributed by atoms with Crippen molar-refractivity contribution in [1.82, 2.24) is 31.2 Å². The normalized spacial score (nSPS) is 18.2. The number of unbranched alkanes of at least 4 members (excludes halogenated alkanes) is 1. The van der Waals surface area contributed by atoms with E-state index in [9.17, 15) is 24.3 Å². The number of aliphatic carboxylic acids is 1. The Morgan fingerprint density at radius 2 is 1.88 bits per heavy atom. The molecule has 0 saturated carbocycles. The second-order valence-corrected chi connectivity index (χ2v) is 8.28. The van der Waals surface area contributed by atoms with Crippen LogP contribution in [0.25, 0.3) is 0 Å². The number of hydrogen-bond donors (Lipinski definition) is 8. The molecule has 184 valence electrons. The third-order valence-corrected chi connectivity index (χ3v) is 5.73. The number of carbonyl (C=O) groups excluding carboxylic acids is 3. The van der Waals surface area contributed by atoms with Crippen molar-refractivity contribution in [2.45, 2.75) is 62.7 Å². The van der Waals surface area contributed by atoms with Crippen LogP contribution in [0.1, 0.15) is 37.8 Å². The van der Waals surface area contributed by atoms with Gasteiger partial charge in [0.25, 0.3) is 0 Å². The molecular weight excluding hydrogens is 450 g/mol. The first-order chi connectivity index (χ1) is 15.8. The van der Waals surface area contributed by atoms with Crippen molar-refractivity contribution in [3.63, 3.8) is 0 Å². The van der Waals surface area contributed by atoms with Crippen LogP contribution in [0.3, 0.4) is 0 Å². The number of rotatable bonds is 14. The first-order valence-electron chi connectivity index (χ1n) is 11.0. The average Bonchev–Trinajstić information content (AvgIpc) is 3.50. The fourth-order valence-corrected chi connectivity index (χ4v) is 3.75. The third kappa shape index (κ3) is 8.67. The van der Waals surface area contributed by atoms with Crippen LogP contribution in [0.15, 0.2) is 12.5 Å². The Balaban J connectivity index is 1.99. The minimum absolute atomic E-state index is 0.000467. The molecule has 1 aliphatic heterocycles. The fourth-order valence-electron chi connectivity index (χ4n) is 3.50. The van der Waals surface area contributed by atoms with Crippen molar-refractivity contribution in [3.8, 4) is 0 Å². The summed E-state index contributed by atoms with van der Waals surface area (Å²) in [5, 5.41) is 20.3. The summed E-state index contributed by atoms with van der Waals surface area (Å²) in [4.78, 5) is 56.3. The summed E-state index contributed by atoms with van der Waals surface area (Å²) in [6.07, 6.45) is 6.12. The van der Waals surface area contributed by atoms with Gasteiger partial charge in [0.05, 0.1) is 12.4 Å².